The van der Waals surface area contributed by atoms with E-state index < -0.39 is 10.8 Å². The van der Waals surface area contributed by atoms with Crippen molar-refractivity contribution in [3.8, 4) is 0 Å². The topological polar surface area (TPSA) is 55.4 Å². The minimum atomic E-state index is -1.19. The predicted molar refractivity (Wildman–Crippen MR) is 84.5 cm³/mol. The van der Waals surface area contributed by atoms with Gasteiger partial charge in [-0.15, -0.1) is 0 Å². The highest BCUT2D eigenvalue weighted by molar-refractivity contribution is 7.86. The zero-order valence-electron chi connectivity index (χ0n) is 12.4. The molecule has 1 aliphatic heterocycles. The van der Waals surface area contributed by atoms with Crippen molar-refractivity contribution in [3.05, 3.63) is 35.9 Å². The molecule has 0 bridgehead atoms. The number of hydrogen-bond donors (Lipinski definition) is 1. The maximum absolute atomic E-state index is 12.4. The third-order valence-corrected chi connectivity index (χ3v) is 5.47. The van der Waals surface area contributed by atoms with Gasteiger partial charge in [0.25, 0.3) is 0 Å². The van der Waals surface area contributed by atoms with Gasteiger partial charge in [0, 0.05) is 24.0 Å². The first-order chi connectivity index (χ1) is 10.2. The smallest absolute Gasteiger partial charge is 0.232 e. The summed E-state index contributed by atoms with van der Waals surface area (Å²) in [5, 5.41) is 2.75. The molecule has 3 atom stereocenters. The van der Waals surface area contributed by atoms with Crippen LogP contribution < -0.4 is 5.32 Å². The van der Waals surface area contributed by atoms with E-state index in [0.717, 1.165) is 31.4 Å². The summed E-state index contributed by atoms with van der Waals surface area (Å²) in [6.07, 6.45) is 2.93. The van der Waals surface area contributed by atoms with Gasteiger partial charge in [-0.05, 0) is 24.8 Å². The number of rotatable bonds is 7. The summed E-state index contributed by atoms with van der Waals surface area (Å²) in [5.41, 5.74) is 1.03. The Morgan fingerprint density at radius 1 is 1.43 bits per heavy atom. The SMILES string of the molecule is CC[C@H](c1ccccc1)[S@](=O)CC(=O)NC[C@@H]1CCCO1. The molecule has 2 rings (SSSR count). The lowest BCUT2D eigenvalue weighted by molar-refractivity contribution is -0.119. The average Bonchev–Trinajstić information content (AvgIpc) is 3.00. The standard InChI is InChI=1S/C16H23NO3S/c1-2-15(13-7-4-3-5-8-13)21(19)12-16(18)17-11-14-9-6-10-20-14/h3-5,7-8,14-15H,2,6,9-12H2,1H3,(H,17,18)/t14-,15+,21+/m0/s1. The van der Waals surface area contributed by atoms with E-state index in [9.17, 15) is 9.00 Å². The largest absolute Gasteiger partial charge is 0.376 e. The summed E-state index contributed by atoms with van der Waals surface area (Å²) in [5.74, 6) is -0.0988. The van der Waals surface area contributed by atoms with E-state index >= 15 is 0 Å². The Hall–Kier alpha value is -1.20. The first kappa shape index (κ1) is 16.2. The van der Waals surface area contributed by atoms with Crippen LogP contribution in [0.3, 0.4) is 0 Å². The van der Waals surface area contributed by atoms with Crippen molar-refractivity contribution >= 4 is 16.7 Å². The summed E-state index contributed by atoms with van der Waals surface area (Å²) in [6, 6.07) is 9.75. The quantitative estimate of drug-likeness (QED) is 0.840. The second-order valence-electron chi connectivity index (χ2n) is 5.27. The fourth-order valence-electron chi connectivity index (χ4n) is 2.55. The molecule has 0 saturated carbocycles. The molecule has 1 aliphatic rings. The molecular weight excluding hydrogens is 286 g/mol. The van der Waals surface area contributed by atoms with Gasteiger partial charge in [0.05, 0.1) is 11.4 Å². The number of hydrogen-bond acceptors (Lipinski definition) is 3. The molecule has 1 aromatic rings. The van der Waals surface area contributed by atoms with Gasteiger partial charge in [0.2, 0.25) is 5.91 Å². The molecule has 116 valence electrons. The molecule has 0 spiro atoms. The Bertz CT molecular complexity index is 472. The minimum Gasteiger partial charge on any atom is -0.376 e. The highest BCUT2D eigenvalue weighted by Gasteiger charge is 2.21. The Balaban J connectivity index is 1.82. The van der Waals surface area contributed by atoms with E-state index in [2.05, 4.69) is 5.32 Å². The Morgan fingerprint density at radius 3 is 2.81 bits per heavy atom. The van der Waals surface area contributed by atoms with Crippen LogP contribution in [0.25, 0.3) is 0 Å². The maximum atomic E-state index is 12.4. The second kappa shape index (κ2) is 8.29. The minimum absolute atomic E-state index is 0.0557. The molecule has 5 heteroatoms. The van der Waals surface area contributed by atoms with Crippen LogP contribution >= 0.6 is 0 Å². The lowest BCUT2D eigenvalue weighted by Gasteiger charge is -2.16. The van der Waals surface area contributed by atoms with Gasteiger partial charge in [-0.1, -0.05) is 37.3 Å². The highest BCUT2D eigenvalue weighted by Crippen LogP contribution is 2.23. The van der Waals surface area contributed by atoms with Crippen LogP contribution in [-0.4, -0.2) is 35.1 Å². The summed E-state index contributed by atoms with van der Waals surface area (Å²) in [4.78, 5) is 11.9. The third-order valence-electron chi connectivity index (χ3n) is 3.68. The lowest BCUT2D eigenvalue weighted by Crippen LogP contribution is -2.35. The van der Waals surface area contributed by atoms with Crippen molar-refractivity contribution in [3.63, 3.8) is 0 Å². The molecule has 1 N–H and O–H groups in total. The van der Waals surface area contributed by atoms with E-state index in [4.69, 9.17) is 4.74 Å². The van der Waals surface area contributed by atoms with Crippen molar-refractivity contribution in [2.45, 2.75) is 37.5 Å². The van der Waals surface area contributed by atoms with Crippen LogP contribution in [0.5, 0.6) is 0 Å². The van der Waals surface area contributed by atoms with Crippen LogP contribution in [0, 0.1) is 0 Å². The van der Waals surface area contributed by atoms with Gasteiger partial charge in [-0.2, -0.15) is 0 Å². The van der Waals surface area contributed by atoms with E-state index in [1.807, 2.05) is 37.3 Å². The molecule has 1 amide bonds. The van der Waals surface area contributed by atoms with Crippen molar-refractivity contribution in [2.75, 3.05) is 18.9 Å². The average molecular weight is 309 g/mol. The summed E-state index contributed by atoms with van der Waals surface area (Å²) in [6.45, 7) is 3.30. The van der Waals surface area contributed by atoms with Crippen LogP contribution in [0.15, 0.2) is 30.3 Å². The van der Waals surface area contributed by atoms with Crippen molar-refractivity contribution in [1.29, 1.82) is 0 Å². The normalized spacial score (nSPS) is 20.9. The molecule has 1 fully saturated rings. The maximum Gasteiger partial charge on any atom is 0.232 e. The van der Waals surface area contributed by atoms with Gasteiger partial charge < -0.3 is 10.1 Å². The monoisotopic (exact) mass is 309 g/mol. The zero-order valence-corrected chi connectivity index (χ0v) is 13.2. The van der Waals surface area contributed by atoms with E-state index in [0.29, 0.717) is 6.54 Å². The molecule has 1 aromatic carbocycles. The van der Waals surface area contributed by atoms with Gasteiger partial charge in [-0.3, -0.25) is 9.00 Å². The summed E-state index contributed by atoms with van der Waals surface area (Å²) in [7, 11) is -1.19. The van der Waals surface area contributed by atoms with Crippen molar-refractivity contribution < 1.29 is 13.7 Å². The molecule has 0 aromatic heterocycles. The molecule has 1 heterocycles. The predicted octanol–water partition coefficient (Wildman–Crippen LogP) is 2.18. The zero-order chi connectivity index (χ0) is 15.1. The molecular formula is C16H23NO3S. The van der Waals surface area contributed by atoms with Gasteiger partial charge in [-0.25, -0.2) is 0 Å². The molecule has 1 saturated heterocycles. The molecule has 0 unspecified atom stereocenters. The molecule has 0 aliphatic carbocycles. The van der Waals surface area contributed by atoms with Gasteiger partial charge >= 0.3 is 0 Å². The number of carbonyl (C=O) groups is 1. The summed E-state index contributed by atoms with van der Waals surface area (Å²) >= 11 is 0. The lowest BCUT2D eigenvalue weighted by atomic mass is 10.1. The van der Waals surface area contributed by atoms with Crippen LogP contribution in [-0.2, 0) is 20.3 Å². The number of amides is 1. The van der Waals surface area contributed by atoms with Gasteiger partial charge in [0.1, 0.15) is 5.75 Å². The van der Waals surface area contributed by atoms with E-state index in [1.54, 1.807) is 0 Å². The van der Waals surface area contributed by atoms with Crippen molar-refractivity contribution in [2.24, 2.45) is 0 Å². The number of nitrogens with one attached hydrogen (secondary N) is 1. The Kier molecular flexibility index (Phi) is 6.39. The number of carbonyl (C=O) groups excluding carboxylic acids is 1. The fourth-order valence-corrected chi connectivity index (χ4v) is 3.95. The van der Waals surface area contributed by atoms with Crippen LogP contribution in [0.4, 0.5) is 0 Å². The Labute approximate surface area is 128 Å². The molecule has 4 nitrogen and oxygen atoms in total. The first-order valence-electron chi connectivity index (χ1n) is 7.51. The van der Waals surface area contributed by atoms with Crippen LogP contribution in [0.1, 0.15) is 37.0 Å². The van der Waals surface area contributed by atoms with Crippen molar-refractivity contribution in [1.82, 2.24) is 5.32 Å². The van der Waals surface area contributed by atoms with E-state index in [-0.39, 0.29) is 23.0 Å². The Morgan fingerprint density at radius 2 is 2.19 bits per heavy atom. The van der Waals surface area contributed by atoms with Gasteiger partial charge in [0.15, 0.2) is 0 Å². The fraction of sp³-hybridized carbons (Fsp3) is 0.562. The molecule has 21 heavy (non-hydrogen) atoms. The highest BCUT2D eigenvalue weighted by atomic mass is 32.2. The second-order valence-corrected chi connectivity index (χ2v) is 6.89. The first-order valence-corrected chi connectivity index (χ1v) is 8.89. The number of ether oxygens (including phenoxy) is 1. The van der Waals surface area contributed by atoms with E-state index in [1.165, 1.54) is 0 Å². The van der Waals surface area contributed by atoms with Crippen LogP contribution in [0.2, 0.25) is 0 Å². The number of benzene rings is 1. The summed E-state index contributed by atoms with van der Waals surface area (Å²) < 4.78 is 17.9. The molecule has 0 radical (unpaired) electrons. The third kappa shape index (κ3) is 4.93.